The summed E-state index contributed by atoms with van der Waals surface area (Å²) in [6.07, 6.45) is 6.31. The fraction of sp³-hybridized carbons (Fsp3) is 0.350. The Morgan fingerprint density at radius 3 is 2.70 bits per heavy atom. The summed E-state index contributed by atoms with van der Waals surface area (Å²) in [7, 11) is 0. The van der Waals surface area contributed by atoms with Crippen molar-refractivity contribution in [3.8, 4) is 11.3 Å². The lowest BCUT2D eigenvalue weighted by atomic mass is 10.2. The van der Waals surface area contributed by atoms with E-state index in [0.29, 0.717) is 0 Å². The van der Waals surface area contributed by atoms with Crippen LogP contribution in [0.5, 0.6) is 0 Å². The minimum absolute atomic E-state index is 0.194. The van der Waals surface area contributed by atoms with Crippen LogP contribution in [0, 0.1) is 6.92 Å². The Bertz CT molecular complexity index is 1120. The second-order valence-corrected chi connectivity index (χ2v) is 7.33. The van der Waals surface area contributed by atoms with E-state index in [9.17, 15) is 0 Å². The van der Waals surface area contributed by atoms with Gasteiger partial charge < -0.3 is 14.0 Å². The first-order valence-corrected chi connectivity index (χ1v) is 9.28. The van der Waals surface area contributed by atoms with E-state index in [0.717, 1.165) is 47.2 Å². The Morgan fingerprint density at radius 2 is 1.89 bits per heavy atom. The molecule has 2 atom stereocenters. The molecule has 1 fully saturated rings. The van der Waals surface area contributed by atoms with Crippen molar-refractivity contribution in [3.63, 3.8) is 0 Å². The van der Waals surface area contributed by atoms with Gasteiger partial charge in [0.25, 0.3) is 0 Å². The van der Waals surface area contributed by atoms with Crippen molar-refractivity contribution in [1.29, 1.82) is 0 Å². The Kier molecular flexibility index (Phi) is 3.65. The van der Waals surface area contributed by atoms with Gasteiger partial charge >= 0.3 is 0 Å². The molecule has 0 radical (unpaired) electrons. The van der Waals surface area contributed by atoms with Crippen molar-refractivity contribution in [2.75, 3.05) is 18.0 Å². The van der Waals surface area contributed by atoms with Gasteiger partial charge in [0.05, 0.1) is 29.8 Å². The zero-order valence-corrected chi connectivity index (χ0v) is 15.7. The average Bonchev–Trinajstić information content (AvgIpc) is 3.21. The van der Waals surface area contributed by atoms with E-state index in [4.69, 9.17) is 9.84 Å². The number of hydrogen-bond donors (Lipinski definition) is 0. The van der Waals surface area contributed by atoms with Gasteiger partial charge in [0, 0.05) is 31.0 Å². The topological polar surface area (TPSA) is 60.0 Å². The molecule has 7 heteroatoms. The molecular formula is C20H22N6O. The largest absolute Gasteiger partial charge is 0.372 e. The molecule has 5 heterocycles. The summed E-state index contributed by atoms with van der Waals surface area (Å²) in [6.45, 7) is 7.88. The van der Waals surface area contributed by atoms with Crippen LogP contribution in [0.25, 0.3) is 22.6 Å². The quantitative estimate of drug-likeness (QED) is 0.549. The molecule has 7 nitrogen and oxygen atoms in total. The van der Waals surface area contributed by atoms with Gasteiger partial charge in [-0.15, -0.1) is 5.10 Å². The molecule has 27 heavy (non-hydrogen) atoms. The predicted molar refractivity (Wildman–Crippen MR) is 104 cm³/mol. The van der Waals surface area contributed by atoms with Crippen molar-refractivity contribution in [2.45, 2.75) is 33.0 Å². The molecule has 1 aliphatic rings. The van der Waals surface area contributed by atoms with Crippen LogP contribution >= 0.6 is 0 Å². The van der Waals surface area contributed by atoms with E-state index >= 15 is 0 Å². The van der Waals surface area contributed by atoms with Gasteiger partial charge in [-0.2, -0.15) is 0 Å². The number of imidazole rings is 2. The number of rotatable bonds is 2. The summed E-state index contributed by atoms with van der Waals surface area (Å²) in [5.41, 5.74) is 4.77. The molecule has 1 saturated heterocycles. The molecule has 5 rings (SSSR count). The second kappa shape index (κ2) is 6.06. The summed E-state index contributed by atoms with van der Waals surface area (Å²) in [5.74, 6) is 0.946. The van der Waals surface area contributed by atoms with Crippen LogP contribution in [0.15, 0.2) is 42.9 Å². The fourth-order valence-corrected chi connectivity index (χ4v) is 3.86. The summed E-state index contributed by atoms with van der Waals surface area (Å²) < 4.78 is 9.79. The van der Waals surface area contributed by atoms with Crippen LogP contribution in [0.3, 0.4) is 0 Å². The highest BCUT2D eigenvalue weighted by Crippen LogP contribution is 2.24. The molecular weight excluding hydrogens is 340 g/mol. The van der Waals surface area contributed by atoms with E-state index in [2.05, 4.69) is 40.8 Å². The molecule has 0 unspecified atom stereocenters. The number of ether oxygens (including phenoxy) is 1. The van der Waals surface area contributed by atoms with Gasteiger partial charge in [-0.05, 0) is 45.0 Å². The van der Waals surface area contributed by atoms with Crippen molar-refractivity contribution in [2.24, 2.45) is 0 Å². The Hall–Kier alpha value is -2.93. The van der Waals surface area contributed by atoms with Crippen LogP contribution in [-0.2, 0) is 4.74 Å². The maximum atomic E-state index is 5.85. The minimum atomic E-state index is 0.194. The molecule has 4 aromatic rings. The maximum Gasteiger partial charge on any atom is 0.154 e. The van der Waals surface area contributed by atoms with Crippen molar-refractivity contribution >= 4 is 17.1 Å². The molecule has 0 saturated carbocycles. The summed E-state index contributed by atoms with van der Waals surface area (Å²) >= 11 is 0. The molecule has 138 valence electrons. The molecule has 0 N–H and O–H groups in total. The average molecular weight is 362 g/mol. The van der Waals surface area contributed by atoms with Crippen LogP contribution in [0.2, 0.25) is 0 Å². The third kappa shape index (κ3) is 2.84. The smallest absolute Gasteiger partial charge is 0.154 e. The summed E-state index contributed by atoms with van der Waals surface area (Å²) in [5, 5.41) is 4.89. The first kappa shape index (κ1) is 16.3. The van der Waals surface area contributed by atoms with E-state index in [1.54, 1.807) is 0 Å². The maximum absolute atomic E-state index is 5.85. The van der Waals surface area contributed by atoms with Crippen molar-refractivity contribution in [1.82, 2.24) is 24.0 Å². The van der Waals surface area contributed by atoms with Crippen LogP contribution in [-0.4, -0.2) is 49.3 Å². The molecule has 0 aliphatic carbocycles. The zero-order valence-electron chi connectivity index (χ0n) is 15.7. The highest BCUT2D eigenvalue weighted by Gasteiger charge is 2.23. The highest BCUT2D eigenvalue weighted by atomic mass is 16.5. The molecule has 0 aromatic carbocycles. The van der Waals surface area contributed by atoms with Gasteiger partial charge in [0.1, 0.15) is 11.5 Å². The molecule has 1 aliphatic heterocycles. The Balaban J connectivity index is 1.58. The first-order chi connectivity index (χ1) is 13.1. The van der Waals surface area contributed by atoms with Crippen LogP contribution in [0.4, 0.5) is 5.82 Å². The van der Waals surface area contributed by atoms with Gasteiger partial charge in [0.15, 0.2) is 5.65 Å². The summed E-state index contributed by atoms with van der Waals surface area (Å²) in [4.78, 5) is 11.4. The lowest BCUT2D eigenvalue weighted by Crippen LogP contribution is -2.46. The first-order valence-electron chi connectivity index (χ1n) is 9.28. The monoisotopic (exact) mass is 362 g/mol. The van der Waals surface area contributed by atoms with Crippen LogP contribution in [0.1, 0.15) is 19.5 Å². The number of nitrogens with zero attached hydrogens (tertiary/aromatic N) is 6. The van der Waals surface area contributed by atoms with Gasteiger partial charge in [-0.25, -0.2) is 14.5 Å². The number of aryl methyl sites for hydroxylation is 1. The normalized spacial score (nSPS) is 20.6. The number of aromatic nitrogens is 5. The highest BCUT2D eigenvalue weighted by molar-refractivity contribution is 5.67. The van der Waals surface area contributed by atoms with E-state index in [-0.39, 0.29) is 12.2 Å². The molecule has 4 aromatic heterocycles. The molecule has 0 amide bonds. The number of morpholine rings is 1. The minimum Gasteiger partial charge on any atom is -0.372 e. The standard InChI is InChI=1S/C20H22N6O/c1-13-10-24-7-6-16(8-20(24)22-13)17-9-21-18-4-5-19(23-26(17)18)25-11-14(2)27-15(3)12-25/h4-10,14-15H,11-12H2,1-3H3/t14-,15+. The van der Waals surface area contributed by atoms with Crippen molar-refractivity contribution in [3.05, 3.63) is 48.5 Å². The lowest BCUT2D eigenvalue weighted by molar-refractivity contribution is -0.00551. The SMILES string of the molecule is Cc1cn2ccc(-c3cnc4ccc(N5C[C@@H](C)O[C@@H](C)C5)nn34)cc2n1. The predicted octanol–water partition coefficient (Wildman–Crippen LogP) is 2.97. The van der Waals surface area contributed by atoms with Gasteiger partial charge in [0.2, 0.25) is 0 Å². The summed E-state index contributed by atoms with van der Waals surface area (Å²) in [6, 6.07) is 8.21. The number of pyridine rings is 1. The molecule has 0 spiro atoms. The Labute approximate surface area is 157 Å². The third-order valence-electron chi connectivity index (χ3n) is 4.97. The van der Waals surface area contributed by atoms with Crippen molar-refractivity contribution < 1.29 is 4.74 Å². The van der Waals surface area contributed by atoms with Gasteiger partial charge in [-0.1, -0.05) is 0 Å². The Morgan fingerprint density at radius 1 is 1.07 bits per heavy atom. The van der Waals surface area contributed by atoms with E-state index in [1.165, 1.54) is 0 Å². The van der Waals surface area contributed by atoms with Crippen LogP contribution < -0.4 is 4.90 Å². The zero-order chi connectivity index (χ0) is 18.5. The van der Waals surface area contributed by atoms with Gasteiger partial charge in [-0.3, -0.25) is 0 Å². The second-order valence-electron chi connectivity index (χ2n) is 7.33. The van der Waals surface area contributed by atoms with E-state index < -0.39 is 0 Å². The number of hydrogen-bond acceptors (Lipinski definition) is 5. The number of anilines is 1. The lowest BCUT2D eigenvalue weighted by Gasteiger charge is -2.35. The third-order valence-corrected chi connectivity index (χ3v) is 4.97. The molecule has 0 bridgehead atoms. The van der Waals surface area contributed by atoms with E-state index in [1.807, 2.05) is 46.6 Å². The number of fused-ring (bicyclic) bond motifs is 2. The fourth-order valence-electron chi connectivity index (χ4n) is 3.86.